The van der Waals surface area contributed by atoms with Gasteiger partial charge in [-0.05, 0) is 49.4 Å². The van der Waals surface area contributed by atoms with Crippen molar-refractivity contribution in [2.45, 2.75) is 6.92 Å². The third kappa shape index (κ3) is 4.09. The number of phenols is 1. The van der Waals surface area contributed by atoms with Gasteiger partial charge in [0.2, 0.25) is 0 Å². The number of anilines is 1. The lowest BCUT2D eigenvalue weighted by molar-refractivity contribution is 0.102. The topological polar surface area (TPSA) is 88.6 Å². The number of rotatable bonds is 5. The van der Waals surface area contributed by atoms with Gasteiger partial charge in [-0.25, -0.2) is 4.68 Å². The second-order valence-corrected chi connectivity index (χ2v) is 7.26. The SMILES string of the molecule is Cc1c(NC(=O)c2cccc(N=Cc3ccccc3O)c2)c(=O)n(-c2ccccc2)n1C. The van der Waals surface area contributed by atoms with Crippen LogP contribution in [-0.4, -0.2) is 26.6 Å². The number of phenolic OH excluding ortho intramolecular Hbond substituents is 1. The van der Waals surface area contributed by atoms with Crippen LogP contribution in [0.5, 0.6) is 5.75 Å². The summed E-state index contributed by atoms with van der Waals surface area (Å²) in [5, 5.41) is 12.6. The predicted octanol–water partition coefficient (Wildman–Crippen LogP) is 4.19. The van der Waals surface area contributed by atoms with Gasteiger partial charge in [-0.3, -0.25) is 19.3 Å². The Balaban J connectivity index is 1.60. The molecule has 3 aromatic carbocycles. The maximum absolute atomic E-state index is 13.0. The summed E-state index contributed by atoms with van der Waals surface area (Å²) < 4.78 is 3.22. The van der Waals surface area contributed by atoms with Gasteiger partial charge >= 0.3 is 0 Å². The molecule has 0 fully saturated rings. The van der Waals surface area contributed by atoms with E-state index in [1.165, 1.54) is 10.9 Å². The number of benzene rings is 3. The van der Waals surface area contributed by atoms with E-state index in [2.05, 4.69) is 10.3 Å². The minimum Gasteiger partial charge on any atom is -0.507 e. The van der Waals surface area contributed by atoms with Gasteiger partial charge < -0.3 is 10.4 Å². The number of nitrogens with zero attached hydrogens (tertiary/aromatic N) is 3. The van der Waals surface area contributed by atoms with Crippen molar-refractivity contribution in [1.29, 1.82) is 0 Å². The highest BCUT2D eigenvalue weighted by Crippen LogP contribution is 2.19. The van der Waals surface area contributed by atoms with Crippen molar-refractivity contribution in [3.63, 3.8) is 0 Å². The molecule has 0 bridgehead atoms. The van der Waals surface area contributed by atoms with Crippen molar-refractivity contribution in [3.05, 3.63) is 106 Å². The number of para-hydroxylation sites is 2. The first kappa shape index (κ1) is 20.9. The minimum absolute atomic E-state index is 0.124. The van der Waals surface area contributed by atoms with Crippen LogP contribution in [0.15, 0.2) is 88.6 Å². The summed E-state index contributed by atoms with van der Waals surface area (Å²) in [4.78, 5) is 30.3. The molecule has 0 saturated heterocycles. The molecule has 0 spiro atoms. The zero-order valence-electron chi connectivity index (χ0n) is 17.7. The summed E-state index contributed by atoms with van der Waals surface area (Å²) >= 11 is 0. The van der Waals surface area contributed by atoms with Crippen LogP contribution in [0.25, 0.3) is 5.69 Å². The molecule has 0 atom stereocenters. The average molecular weight is 426 g/mol. The van der Waals surface area contributed by atoms with Gasteiger partial charge in [-0.15, -0.1) is 0 Å². The van der Waals surface area contributed by atoms with Crippen LogP contribution in [-0.2, 0) is 7.05 Å². The van der Waals surface area contributed by atoms with Crippen LogP contribution in [0.1, 0.15) is 21.6 Å². The number of hydrogen-bond acceptors (Lipinski definition) is 4. The first-order chi connectivity index (χ1) is 15.5. The second kappa shape index (κ2) is 8.77. The van der Waals surface area contributed by atoms with E-state index in [4.69, 9.17) is 0 Å². The molecule has 0 aliphatic rings. The zero-order chi connectivity index (χ0) is 22.7. The summed E-state index contributed by atoms with van der Waals surface area (Å²) in [7, 11) is 1.77. The number of aliphatic imine (C=N–C) groups is 1. The number of amides is 1. The molecule has 160 valence electrons. The smallest absolute Gasteiger partial charge is 0.295 e. The van der Waals surface area contributed by atoms with Crippen LogP contribution in [0.2, 0.25) is 0 Å². The summed E-state index contributed by atoms with van der Waals surface area (Å²) in [5.74, 6) is -0.282. The molecule has 4 rings (SSSR count). The average Bonchev–Trinajstić information content (AvgIpc) is 3.02. The molecule has 1 heterocycles. The fourth-order valence-electron chi connectivity index (χ4n) is 3.37. The maximum atomic E-state index is 13.0. The maximum Gasteiger partial charge on any atom is 0.295 e. The first-order valence-corrected chi connectivity index (χ1v) is 10.0. The zero-order valence-corrected chi connectivity index (χ0v) is 17.7. The van der Waals surface area contributed by atoms with Gasteiger partial charge in [0.25, 0.3) is 11.5 Å². The molecule has 2 N–H and O–H groups in total. The molecule has 1 amide bonds. The van der Waals surface area contributed by atoms with Crippen molar-refractivity contribution in [1.82, 2.24) is 9.36 Å². The Hall–Kier alpha value is -4.39. The molecule has 0 radical (unpaired) electrons. The van der Waals surface area contributed by atoms with Crippen molar-refractivity contribution in [2.24, 2.45) is 12.0 Å². The third-order valence-electron chi connectivity index (χ3n) is 5.19. The summed E-state index contributed by atoms with van der Waals surface area (Å²) in [6, 6.07) is 22.8. The van der Waals surface area contributed by atoms with Crippen LogP contribution in [0.3, 0.4) is 0 Å². The summed E-state index contributed by atoms with van der Waals surface area (Å²) in [6.07, 6.45) is 1.53. The predicted molar refractivity (Wildman–Crippen MR) is 126 cm³/mol. The molecule has 0 unspecified atom stereocenters. The molecular formula is C25H22N4O3. The van der Waals surface area contributed by atoms with Gasteiger partial charge in [0.1, 0.15) is 11.4 Å². The first-order valence-electron chi connectivity index (χ1n) is 10.0. The molecule has 0 saturated carbocycles. The van der Waals surface area contributed by atoms with Crippen LogP contribution in [0, 0.1) is 6.92 Å². The lowest BCUT2D eigenvalue weighted by atomic mass is 10.2. The third-order valence-corrected chi connectivity index (χ3v) is 5.19. The summed E-state index contributed by atoms with van der Waals surface area (Å²) in [6.45, 7) is 1.78. The molecule has 7 nitrogen and oxygen atoms in total. The lowest BCUT2D eigenvalue weighted by Crippen LogP contribution is -2.22. The molecule has 0 aliphatic heterocycles. The number of aromatic hydroxyl groups is 1. The van der Waals surface area contributed by atoms with E-state index in [1.54, 1.807) is 67.2 Å². The van der Waals surface area contributed by atoms with E-state index in [0.29, 0.717) is 28.2 Å². The Morgan fingerprint density at radius 3 is 2.47 bits per heavy atom. The Morgan fingerprint density at radius 1 is 1.00 bits per heavy atom. The van der Waals surface area contributed by atoms with Gasteiger partial charge in [-0.2, -0.15) is 0 Å². The standard InChI is InChI=1S/C25H22N4O3/c1-17-23(25(32)29(28(17)2)21-12-4-3-5-13-21)27-24(31)18-10-8-11-20(15-18)26-16-19-9-6-7-14-22(19)30/h3-16,30H,1-2H3,(H,27,31). The van der Waals surface area contributed by atoms with Gasteiger partial charge in [0.05, 0.1) is 17.1 Å². The Morgan fingerprint density at radius 2 is 1.72 bits per heavy atom. The Kier molecular flexibility index (Phi) is 5.72. The van der Waals surface area contributed by atoms with E-state index in [-0.39, 0.29) is 17.0 Å². The fourth-order valence-corrected chi connectivity index (χ4v) is 3.37. The van der Waals surface area contributed by atoms with Crippen LogP contribution >= 0.6 is 0 Å². The largest absolute Gasteiger partial charge is 0.507 e. The number of hydrogen-bond donors (Lipinski definition) is 2. The van der Waals surface area contributed by atoms with Gasteiger partial charge in [-0.1, -0.05) is 36.4 Å². The van der Waals surface area contributed by atoms with Crippen molar-refractivity contribution < 1.29 is 9.90 Å². The number of carbonyl (C=O) groups excluding carboxylic acids is 1. The van der Waals surface area contributed by atoms with Gasteiger partial charge in [0.15, 0.2) is 0 Å². The summed E-state index contributed by atoms with van der Waals surface area (Å²) in [5.41, 5.74) is 2.76. The molecule has 32 heavy (non-hydrogen) atoms. The van der Waals surface area contributed by atoms with E-state index >= 15 is 0 Å². The van der Waals surface area contributed by atoms with Crippen molar-refractivity contribution in [2.75, 3.05) is 5.32 Å². The quantitative estimate of drug-likeness (QED) is 0.469. The Labute approximate surface area is 184 Å². The number of nitrogens with one attached hydrogen (secondary N) is 1. The highest BCUT2D eigenvalue weighted by molar-refractivity contribution is 6.05. The number of carbonyl (C=O) groups is 1. The molecule has 7 heteroatoms. The van der Waals surface area contributed by atoms with Crippen molar-refractivity contribution >= 4 is 23.5 Å². The minimum atomic E-state index is -0.407. The van der Waals surface area contributed by atoms with Crippen LogP contribution < -0.4 is 10.9 Å². The van der Waals surface area contributed by atoms with Crippen molar-refractivity contribution in [3.8, 4) is 11.4 Å². The van der Waals surface area contributed by atoms with E-state index in [9.17, 15) is 14.7 Å². The fraction of sp³-hybridized carbons (Fsp3) is 0.0800. The molecule has 4 aromatic rings. The van der Waals surface area contributed by atoms with E-state index in [1.807, 2.05) is 30.3 Å². The molecular weight excluding hydrogens is 404 g/mol. The van der Waals surface area contributed by atoms with E-state index in [0.717, 1.165) is 0 Å². The highest BCUT2D eigenvalue weighted by atomic mass is 16.3. The molecule has 1 aromatic heterocycles. The lowest BCUT2D eigenvalue weighted by Gasteiger charge is -2.07. The van der Waals surface area contributed by atoms with Gasteiger partial charge in [0, 0.05) is 24.4 Å². The highest BCUT2D eigenvalue weighted by Gasteiger charge is 2.18. The monoisotopic (exact) mass is 426 g/mol. The molecule has 0 aliphatic carbocycles. The Bertz CT molecular complexity index is 1370. The normalized spacial score (nSPS) is 11.1. The van der Waals surface area contributed by atoms with Crippen LogP contribution in [0.4, 0.5) is 11.4 Å². The van der Waals surface area contributed by atoms with E-state index < -0.39 is 5.91 Å². The number of aromatic nitrogens is 2. The second-order valence-electron chi connectivity index (χ2n) is 7.26.